The Bertz CT molecular complexity index is 1650. The molecule has 0 saturated heterocycles. The van der Waals surface area contributed by atoms with Crippen molar-refractivity contribution in [2.24, 2.45) is 0 Å². The van der Waals surface area contributed by atoms with Gasteiger partial charge in [-0.3, -0.25) is 4.79 Å². The first-order chi connectivity index (χ1) is 14.9. The maximum atomic E-state index is 12.9. The maximum Gasteiger partial charge on any atom is 0.339 e. The number of fused-ring (bicyclic) bond motifs is 3. The van der Waals surface area contributed by atoms with Crippen molar-refractivity contribution in [3.8, 4) is 5.75 Å². The van der Waals surface area contributed by atoms with Crippen LogP contribution in [0.5, 0.6) is 5.75 Å². The van der Waals surface area contributed by atoms with Crippen molar-refractivity contribution in [2.75, 3.05) is 0 Å². The van der Waals surface area contributed by atoms with E-state index < -0.39 is 10.1 Å². The summed E-state index contributed by atoms with van der Waals surface area (Å²) in [5, 5.41) is 0. The van der Waals surface area contributed by atoms with Gasteiger partial charge in [-0.25, -0.2) is 9.38 Å². The molecule has 8 heteroatoms. The van der Waals surface area contributed by atoms with Crippen LogP contribution in [0.4, 0.5) is 0 Å². The summed E-state index contributed by atoms with van der Waals surface area (Å²) < 4.78 is 32.5. The summed E-state index contributed by atoms with van der Waals surface area (Å²) in [6, 6.07) is 20.5. The van der Waals surface area contributed by atoms with Crippen LogP contribution in [-0.2, 0) is 10.1 Å². The fourth-order valence-electron chi connectivity index (χ4n) is 3.30. The molecule has 2 heterocycles. The van der Waals surface area contributed by atoms with Gasteiger partial charge in [-0.2, -0.15) is 8.42 Å². The lowest BCUT2D eigenvalue weighted by Gasteiger charge is -2.07. The van der Waals surface area contributed by atoms with E-state index in [1.165, 1.54) is 23.5 Å². The highest BCUT2D eigenvalue weighted by Gasteiger charge is 2.16. The first kappa shape index (κ1) is 19.5. The fraction of sp³-hybridized carbons (Fsp3) is 0.0435. The second-order valence-corrected chi connectivity index (χ2v) is 9.61. The Morgan fingerprint density at radius 1 is 1.00 bits per heavy atom. The number of thiazole rings is 1. The minimum absolute atomic E-state index is 0.0840. The molecule has 0 atom stereocenters. The lowest BCUT2D eigenvalue weighted by molar-refractivity contribution is 0.486. The summed E-state index contributed by atoms with van der Waals surface area (Å²) in [5.41, 5.74) is 2.99. The SMILES string of the molecule is Cc1ccc(S(=O)(=O)Oc2cccc(C=c3sc4nc5ccccc5n4c3=O)c2)cc1. The number of hydrogen-bond donors (Lipinski definition) is 0. The van der Waals surface area contributed by atoms with Crippen LogP contribution >= 0.6 is 11.3 Å². The van der Waals surface area contributed by atoms with Crippen LogP contribution in [0.25, 0.3) is 22.1 Å². The monoisotopic (exact) mass is 448 g/mol. The molecule has 0 amide bonds. The first-order valence-corrected chi connectivity index (χ1v) is 11.7. The van der Waals surface area contributed by atoms with Gasteiger partial charge in [0.05, 0.1) is 15.6 Å². The van der Waals surface area contributed by atoms with Crippen molar-refractivity contribution >= 4 is 43.5 Å². The van der Waals surface area contributed by atoms with Crippen LogP contribution in [0.15, 0.2) is 82.5 Å². The lowest BCUT2D eigenvalue weighted by Crippen LogP contribution is -2.22. The summed E-state index contributed by atoms with van der Waals surface area (Å²) in [7, 11) is -3.95. The van der Waals surface area contributed by atoms with Crippen molar-refractivity contribution in [2.45, 2.75) is 11.8 Å². The fourth-order valence-corrected chi connectivity index (χ4v) is 5.21. The molecule has 0 N–H and O–H groups in total. The molecule has 5 aromatic rings. The topological polar surface area (TPSA) is 77.7 Å². The molecule has 0 bridgehead atoms. The Labute approximate surface area is 181 Å². The average molecular weight is 449 g/mol. The third-order valence-corrected chi connectivity index (χ3v) is 7.05. The van der Waals surface area contributed by atoms with Crippen LogP contribution in [0.2, 0.25) is 0 Å². The van der Waals surface area contributed by atoms with Gasteiger partial charge in [0.15, 0.2) is 4.96 Å². The van der Waals surface area contributed by atoms with Crippen LogP contribution in [0.1, 0.15) is 11.1 Å². The van der Waals surface area contributed by atoms with E-state index >= 15 is 0 Å². The van der Waals surface area contributed by atoms with Crippen LogP contribution in [0.3, 0.4) is 0 Å². The molecule has 3 aromatic carbocycles. The van der Waals surface area contributed by atoms with Gasteiger partial charge in [0, 0.05) is 0 Å². The smallest absolute Gasteiger partial charge is 0.339 e. The maximum absolute atomic E-state index is 12.9. The van der Waals surface area contributed by atoms with E-state index in [1.54, 1.807) is 46.9 Å². The Hall–Kier alpha value is -3.49. The largest absolute Gasteiger partial charge is 0.379 e. The van der Waals surface area contributed by atoms with Gasteiger partial charge in [-0.1, -0.05) is 53.3 Å². The van der Waals surface area contributed by atoms with Crippen molar-refractivity contribution in [1.29, 1.82) is 0 Å². The van der Waals surface area contributed by atoms with Gasteiger partial charge in [0.1, 0.15) is 10.6 Å². The Morgan fingerprint density at radius 2 is 1.77 bits per heavy atom. The predicted octanol–water partition coefficient (Wildman–Crippen LogP) is 3.53. The minimum atomic E-state index is -3.95. The zero-order valence-corrected chi connectivity index (χ0v) is 18.0. The molecule has 0 saturated carbocycles. The zero-order valence-electron chi connectivity index (χ0n) is 16.3. The van der Waals surface area contributed by atoms with E-state index in [4.69, 9.17) is 4.18 Å². The molecular formula is C23H16N2O4S2. The molecule has 0 aliphatic rings. The molecule has 31 heavy (non-hydrogen) atoms. The summed E-state index contributed by atoms with van der Waals surface area (Å²) in [4.78, 5) is 18.1. The van der Waals surface area contributed by atoms with Crippen LogP contribution in [-0.4, -0.2) is 17.8 Å². The Kier molecular flexibility index (Phi) is 4.60. The van der Waals surface area contributed by atoms with Gasteiger partial charge in [0.25, 0.3) is 5.56 Å². The summed E-state index contributed by atoms with van der Waals surface area (Å²) in [5.74, 6) is 0.175. The summed E-state index contributed by atoms with van der Waals surface area (Å²) in [6.45, 7) is 1.88. The van der Waals surface area contributed by atoms with Gasteiger partial charge < -0.3 is 4.18 Å². The van der Waals surface area contributed by atoms with E-state index in [0.29, 0.717) is 15.1 Å². The zero-order chi connectivity index (χ0) is 21.6. The van der Waals surface area contributed by atoms with E-state index in [0.717, 1.165) is 16.6 Å². The van der Waals surface area contributed by atoms with E-state index in [9.17, 15) is 13.2 Å². The Morgan fingerprint density at radius 3 is 2.58 bits per heavy atom. The van der Waals surface area contributed by atoms with Crippen molar-refractivity contribution in [3.63, 3.8) is 0 Å². The summed E-state index contributed by atoms with van der Waals surface area (Å²) >= 11 is 1.29. The number of aromatic nitrogens is 2. The normalized spacial score (nSPS) is 12.6. The Balaban J connectivity index is 1.52. The molecule has 0 unspecified atom stereocenters. The van der Waals surface area contributed by atoms with Crippen molar-refractivity contribution in [3.05, 3.63) is 98.8 Å². The molecule has 0 aliphatic carbocycles. The van der Waals surface area contributed by atoms with E-state index in [2.05, 4.69) is 4.98 Å². The molecule has 0 spiro atoms. The molecule has 0 aliphatic heterocycles. The highest BCUT2D eigenvalue weighted by molar-refractivity contribution is 7.87. The number of imidazole rings is 1. The summed E-state index contributed by atoms with van der Waals surface area (Å²) in [6.07, 6.45) is 1.71. The van der Waals surface area contributed by atoms with E-state index in [-0.39, 0.29) is 16.2 Å². The van der Waals surface area contributed by atoms with Crippen LogP contribution in [0, 0.1) is 6.92 Å². The molecule has 0 fully saturated rings. The number of rotatable bonds is 4. The lowest BCUT2D eigenvalue weighted by atomic mass is 10.2. The molecular weight excluding hydrogens is 432 g/mol. The van der Waals surface area contributed by atoms with E-state index in [1.807, 2.05) is 31.2 Å². The second-order valence-electron chi connectivity index (χ2n) is 7.06. The molecule has 154 valence electrons. The molecule has 5 rings (SSSR count). The van der Waals surface area contributed by atoms with Gasteiger partial charge in [-0.05, 0) is 55.0 Å². The second kappa shape index (κ2) is 7.33. The van der Waals surface area contributed by atoms with Crippen molar-refractivity contribution in [1.82, 2.24) is 9.38 Å². The van der Waals surface area contributed by atoms with Gasteiger partial charge in [-0.15, -0.1) is 0 Å². The highest BCUT2D eigenvalue weighted by Crippen LogP contribution is 2.21. The number of nitrogens with zero attached hydrogens (tertiary/aromatic N) is 2. The van der Waals surface area contributed by atoms with Gasteiger partial charge >= 0.3 is 10.1 Å². The number of benzene rings is 3. The predicted molar refractivity (Wildman–Crippen MR) is 121 cm³/mol. The standard InChI is InChI=1S/C23H16N2O4S2/c1-15-9-11-18(12-10-15)31(27,28)29-17-6-4-5-16(13-17)14-21-22(26)25-20-8-3-2-7-19(20)24-23(25)30-21/h2-14H,1H3. The molecule has 6 nitrogen and oxygen atoms in total. The number of para-hydroxylation sites is 2. The number of aryl methyl sites for hydroxylation is 1. The third-order valence-electron chi connectivity index (χ3n) is 4.82. The molecule has 0 radical (unpaired) electrons. The molecule has 2 aromatic heterocycles. The van der Waals surface area contributed by atoms with Gasteiger partial charge in [0.2, 0.25) is 0 Å². The minimum Gasteiger partial charge on any atom is -0.379 e. The average Bonchev–Trinajstić information content (AvgIpc) is 3.24. The highest BCUT2D eigenvalue weighted by atomic mass is 32.2. The van der Waals surface area contributed by atoms with Crippen LogP contribution < -0.4 is 14.3 Å². The first-order valence-electron chi connectivity index (χ1n) is 9.44. The number of hydrogen-bond acceptors (Lipinski definition) is 6. The third kappa shape index (κ3) is 3.60. The quantitative estimate of drug-likeness (QED) is 0.393. The van der Waals surface area contributed by atoms with Crippen molar-refractivity contribution < 1.29 is 12.6 Å².